The number of hydrogen-bond acceptors (Lipinski definition) is 4. The first-order valence-electron chi connectivity index (χ1n) is 6.96. The highest BCUT2D eigenvalue weighted by Gasteiger charge is 2.18. The van der Waals surface area contributed by atoms with Crippen LogP contribution in [0, 0.1) is 6.92 Å². The number of benzene rings is 1. The van der Waals surface area contributed by atoms with E-state index in [1.807, 2.05) is 68.4 Å². The molecule has 2 heterocycles. The molecule has 0 unspecified atom stereocenters. The van der Waals surface area contributed by atoms with Crippen molar-refractivity contribution in [2.45, 2.75) is 6.92 Å². The third kappa shape index (κ3) is 2.50. The first-order valence-corrected chi connectivity index (χ1v) is 6.96. The lowest BCUT2D eigenvalue weighted by Gasteiger charge is -2.11. The minimum absolute atomic E-state index is 0.223. The molecule has 6 heteroatoms. The molecule has 6 nitrogen and oxygen atoms in total. The summed E-state index contributed by atoms with van der Waals surface area (Å²) in [5, 5.41) is 7.35. The highest BCUT2D eigenvalue weighted by Crippen LogP contribution is 2.16. The number of para-hydroxylation sites is 1. The lowest BCUT2D eigenvalue weighted by molar-refractivity contribution is 0.102. The Morgan fingerprint density at radius 3 is 2.55 bits per heavy atom. The van der Waals surface area contributed by atoms with Crippen molar-refractivity contribution in [1.29, 1.82) is 0 Å². The maximum absolute atomic E-state index is 12.6. The highest BCUT2D eigenvalue weighted by atomic mass is 16.2. The van der Waals surface area contributed by atoms with Gasteiger partial charge in [-0.2, -0.15) is 0 Å². The maximum atomic E-state index is 12.6. The molecule has 0 spiro atoms. The smallest absolute Gasteiger partial charge is 0.276 e. The zero-order chi connectivity index (χ0) is 15.7. The number of rotatable bonds is 3. The number of nitrogens with zero attached hydrogens (tertiary/aromatic N) is 4. The fourth-order valence-corrected chi connectivity index (χ4v) is 2.24. The molecule has 0 bridgehead atoms. The Morgan fingerprint density at radius 1 is 1.14 bits per heavy atom. The molecule has 112 valence electrons. The van der Waals surface area contributed by atoms with Crippen molar-refractivity contribution in [3.8, 4) is 0 Å². The fourth-order valence-electron chi connectivity index (χ4n) is 2.24. The predicted octanol–water partition coefficient (Wildman–Crippen LogP) is 2.36. The van der Waals surface area contributed by atoms with Gasteiger partial charge in [0.25, 0.3) is 5.91 Å². The van der Waals surface area contributed by atoms with Crippen LogP contribution in [0.4, 0.5) is 11.5 Å². The molecule has 0 saturated carbocycles. The zero-order valence-electron chi connectivity index (χ0n) is 12.7. The van der Waals surface area contributed by atoms with E-state index in [0.29, 0.717) is 17.0 Å². The monoisotopic (exact) mass is 295 g/mol. The van der Waals surface area contributed by atoms with E-state index in [1.54, 1.807) is 4.52 Å². The zero-order valence-corrected chi connectivity index (χ0v) is 12.7. The van der Waals surface area contributed by atoms with Crippen LogP contribution >= 0.6 is 0 Å². The Labute approximate surface area is 128 Å². The number of imidazole rings is 1. The second-order valence-corrected chi connectivity index (χ2v) is 5.22. The molecule has 2 aromatic heterocycles. The summed E-state index contributed by atoms with van der Waals surface area (Å²) in [7, 11) is 3.81. The lowest BCUT2D eigenvalue weighted by atomic mass is 10.3. The Kier molecular flexibility index (Phi) is 3.50. The van der Waals surface area contributed by atoms with Crippen molar-refractivity contribution in [2.75, 3.05) is 24.3 Å². The molecule has 22 heavy (non-hydrogen) atoms. The summed E-state index contributed by atoms with van der Waals surface area (Å²) in [6, 6.07) is 13.1. The van der Waals surface area contributed by atoms with Crippen molar-refractivity contribution >= 4 is 23.1 Å². The largest absolute Gasteiger partial charge is 0.361 e. The van der Waals surface area contributed by atoms with Crippen LogP contribution in [0.25, 0.3) is 5.65 Å². The van der Waals surface area contributed by atoms with Crippen molar-refractivity contribution in [1.82, 2.24) is 14.6 Å². The van der Waals surface area contributed by atoms with Gasteiger partial charge < -0.3 is 10.2 Å². The first kappa shape index (κ1) is 14.1. The van der Waals surface area contributed by atoms with Gasteiger partial charge in [0.15, 0.2) is 11.3 Å². The minimum Gasteiger partial charge on any atom is -0.361 e. The summed E-state index contributed by atoms with van der Waals surface area (Å²) < 4.78 is 1.59. The van der Waals surface area contributed by atoms with Crippen LogP contribution in [-0.2, 0) is 0 Å². The average Bonchev–Trinajstić information content (AvgIpc) is 2.83. The Morgan fingerprint density at radius 2 is 1.86 bits per heavy atom. The van der Waals surface area contributed by atoms with E-state index < -0.39 is 0 Å². The molecule has 1 amide bonds. The van der Waals surface area contributed by atoms with Gasteiger partial charge in [-0.05, 0) is 31.2 Å². The Hall–Kier alpha value is -2.89. The van der Waals surface area contributed by atoms with Gasteiger partial charge in [0, 0.05) is 19.8 Å². The summed E-state index contributed by atoms with van der Waals surface area (Å²) in [6.07, 6.45) is 0. The summed E-state index contributed by atoms with van der Waals surface area (Å²) in [5.41, 5.74) is 2.49. The second-order valence-electron chi connectivity index (χ2n) is 5.22. The van der Waals surface area contributed by atoms with E-state index in [-0.39, 0.29) is 5.91 Å². The molecule has 0 aliphatic heterocycles. The molecule has 1 N–H and O–H groups in total. The van der Waals surface area contributed by atoms with E-state index in [9.17, 15) is 4.79 Å². The van der Waals surface area contributed by atoms with Gasteiger partial charge in [-0.3, -0.25) is 4.79 Å². The molecule has 1 aromatic carbocycles. The number of carbonyl (C=O) groups is 1. The fraction of sp³-hybridized carbons (Fsp3) is 0.188. The second kappa shape index (κ2) is 5.48. The standard InChI is InChI=1S/C16H17N5O/c1-11-15(16(22)18-12-7-5-4-6-8-12)21-13(17-11)9-10-14(19-21)20(2)3/h4-10H,1-3H3,(H,18,22). The van der Waals surface area contributed by atoms with Crippen molar-refractivity contribution in [2.24, 2.45) is 0 Å². The van der Waals surface area contributed by atoms with Gasteiger partial charge in [0.05, 0.1) is 5.69 Å². The van der Waals surface area contributed by atoms with Crippen LogP contribution in [-0.4, -0.2) is 34.6 Å². The summed E-state index contributed by atoms with van der Waals surface area (Å²) >= 11 is 0. The normalized spacial score (nSPS) is 10.7. The summed E-state index contributed by atoms with van der Waals surface area (Å²) in [6.45, 7) is 1.81. The number of aromatic nitrogens is 3. The number of fused-ring (bicyclic) bond motifs is 1. The molecule has 3 aromatic rings. The van der Waals surface area contributed by atoms with Crippen molar-refractivity contribution in [3.05, 3.63) is 53.9 Å². The average molecular weight is 295 g/mol. The quantitative estimate of drug-likeness (QED) is 0.805. The molecule has 0 aliphatic carbocycles. The Balaban J connectivity index is 2.03. The van der Waals surface area contributed by atoms with E-state index >= 15 is 0 Å². The van der Waals surface area contributed by atoms with Crippen LogP contribution in [0.15, 0.2) is 42.5 Å². The topological polar surface area (TPSA) is 62.5 Å². The van der Waals surface area contributed by atoms with Crippen LogP contribution in [0.1, 0.15) is 16.2 Å². The van der Waals surface area contributed by atoms with Crippen molar-refractivity contribution in [3.63, 3.8) is 0 Å². The van der Waals surface area contributed by atoms with Crippen molar-refractivity contribution < 1.29 is 4.79 Å². The van der Waals surface area contributed by atoms with Gasteiger partial charge in [-0.25, -0.2) is 9.50 Å². The number of carbonyl (C=O) groups excluding carboxylic acids is 1. The van der Waals surface area contributed by atoms with E-state index in [4.69, 9.17) is 0 Å². The van der Waals surface area contributed by atoms with Crippen LogP contribution in [0.3, 0.4) is 0 Å². The highest BCUT2D eigenvalue weighted by molar-refractivity contribution is 6.04. The third-order valence-corrected chi connectivity index (χ3v) is 3.34. The predicted molar refractivity (Wildman–Crippen MR) is 86.4 cm³/mol. The van der Waals surface area contributed by atoms with Gasteiger partial charge >= 0.3 is 0 Å². The SMILES string of the molecule is Cc1nc2ccc(N(C)C)nn2c1C(=O)Nc1ccccc1. The number of hydrogen-bond donors (Lipinski definition) is 1. The van der Waals surface area contributed by atoms with Gasteiger partial charge in [0.2, 0.25) is 0 Å². The van der Waals surface area contributed by atoms with Crippen LogP contribution in [0.2, 0.25) is 0 Å². The Bertz CT molecular complexity index is 823. The number of aryl methyl sites for hydroxylation is 1. The number of amides is 1. The minimum atomic E-state index is -0.223. The van der Waals surface area contributed by atoms with Gasteiger partial charge in [-0.1, -0.05) is 18.2 Å². The van der Waals surface area contributed by atoms with E-state index in [0.717, 1.165) is 11.5 Å². The molecule has 0 saturated heterocycles. The molecule has 0 aliphatic rings. The van der Waals surface area contributed by atoms with E-state index in [1.165, 1.54) is 0 Å². The molecular weight excluding hydrogens is 278 g/mol. The van der Waals surface area contributed by atoms with Crippen LogP contribution in [0.5, 0.6) is 0 Å². The molecule has 0 radical (unpaired) electrons. The van der Waals surface area contributed by atoms with E-state index in [2.05, 4.69) is 15.4 Å². The summed E-state index contributed by atoms with van der Waals surface area (Å²) in [5.74, 6) is 0.540. The van der Waals surface area contributed by atoms with Crippen LogP contribution < -0.4 is 10.2 Å². The molecule has 0 atom stereocenters. The third-order valence-electron chi connectivity index (χ3n) is 3.34. The van der Waals surface area contributed by atoms with Gasteiger partial charge in [0.1, 0.15) is 5.82 Å². The number of anilines is 2. The number of nitrogens with one attached hydrogen (secondary N) is 1. The molecule has 3 rings (SSSR count). The molecule has 0 fully saturated rings. The molecular formula is C16H17N5O. The lowest BCUT2D eigenvalue weighted by Crippen LogP contribution is -2.18. The summed E-state index contributed by atoms with van der Waals surface area (Å²) in [4.78, 5) is 18.8. The van der Waals surface area contributed by atoms with Gasteiger partial charge in [-0.15, -0.1) is 5.10 Å². The first-order chi connectivity index (χ1) is 10.6. The maximum Gasteiger partial charge on any atom is 0.276 e.